The Kier molecular flexibility index (Phi) is 9.12. The van der Waals surface area contributed by atoms with Gasteiger partial charge in [0.2, 0.25) is 5.91 Å². The molecule has 10 nitrogen and oxygen atoms in total. The number of rotatable bonds is 6. The third-order valence-corrected chi connectivity index (χ3v) is 8.16. The third kappa shape index (κ3) is 6.14. The maximum Gasteiger partial charge on any atom is 0.254 e. The van der Waals surface area contributed by atoms with Gasteiger partial charge in [-0.1, -0.05) is 0 Å². The highest BCUT2D eigenvalue weighted by atomic mass is 35.5. The molecule has 0 atom stereocenters. The first-order valence-electron chi connectivity index (χ1n) is 14.3. The van der Waals surface area contributed by atoms with E-state index in [1.54, 1.807) is 30.7 Å². The van der Waals surface area contributed by atoms with Gasteiger partial charge in [0.25, 0.3) is 5.91 Å². The van der Waals surface area contributed by atoms with E-state index in [0.717, 1.165) is 37.4 Å². The van der Waals surface area contributed by atoms with E-state index in [2.05, 4.69) is 20.6 Å². The molecule has 6 rings (SSSR count). The number of piperidine rings is 1. The number of hydrogen-bond donors (Lipinski definition) is 2. The smallest absolute Gasteiger partial charge is 0.254 e. The van der Waals surface area contributed by atoms with Crippen molar-refractivity contribution in [3.63, 3.8) is 0 Å². The molecule has 0 spiro atoms. The maximum atomic E-state index is 14.4. The molecule has 226 valence electrons. The maximum absolute atomic E-state index is 14.4. The fourth-order valence-corrected chi connectivity index (χ4v) is 5.81. The van der Waals surface area contributed by atoms with Crippen LogP contribution in [-0.2, 0) is 4.79 Å². The summed E-state index contributed by atoms with van der Waals surface area (Å²) >= 11 is 0. The molecule has 2 aromatic carbocycles. The van der Waals surface area contributed by atoms with Gasteiger partial charge in [-0.05, 0) is 61.7 Å². The largest absolute Gasteiger partial charge is 0.494 e. The van der Waals surface area contributed by atoms with E-state index in [4.69, 9.17) is 4.74 Å². The van der Waals surface area contributed by atoms with Crippen LogP contribution in [-0.4, -0.2) is 82.4 Å². The number of aromatic nitrogens is 3. The van der Waals surface area contributed by atoms with Crippen LogP contribution in [0.15, 0.2) is 55.0 Å². The van der Waals surface area contributed by atoms with Crippen LogP contribution < -0.4 is 15.4 Å². The van der Waals surface area contributed by atoms with E-state index in [1.807, 2.05) is 39.3 Å². The molecular formula is C31H35ClFN7O3. The topological polar surface area (TPSA) is 104 Å². The third-order valence-electron chi connectivity index (χ3n) is 8.16. The number of nitrogens with zero attached hydrogens (tertiary/aromatic N) is 5. The number of ether oxygens (including phenoxy) is 1. The second kappa shape index (κ2) is 13.0. The number of benzene rings is 2. The minimum Gasteiger partial charge on any atom is -0.494 e. The number of aryl methyl sites for hydroxylation is 1. The molecule has 2 aliphatic rings. The van der Waals surface area contributed by atoms with Crippen LogP contribution in [0.4, 0.5) is 15.9 Å². The number of methoxy groups -OCH3 is 1. The van der Waals surface area contributed by atoms with Crippen molar-refractivity contribution in [2.24, 2.45) is 5.92 Å². The summed E-state index contributed by atoms with van der Waals surface area (Å²) in [5.41, 5.74) is 4.21. The standard InChI is InChI=1S/C31H34FN7O3.ClH/c1-20-17-23(4-5-24(20)31(41)37-12-7-21(8-13-37)30(40)38-14-9-33-10-15-38)36-28-29-35-19-26(39(29)16-11-34-28)22-3-6-27(42-2)25(32)18-22;/h3-6,11,16-19,21,33H,7-10,12-15H2,1-2H3,(H,34,36);1H. The highest BCUT2D eigenvalue weighted by Crippen LogP contribution is 2.29. The summed E-state index contributed by atoms with van der Waals surface area (Å²) < 4.78 is 21.2. The zero-order valence-corrected chi connectivity index (χ0v) is 25.0. The van der Waals surface area contributed by atoms with Crippen LogP contribution >= 0.6 is 12.4 Å². The van der Waals surface area contributed by atoms with Crippen molar-refractivity contribution in [3.05, 3.63) is 71.9 Å². The van der Waals surface area contributed by atoms with Gasteiger partial charge in [0.15, 0.2) is 23.0 Å². The Bertz CT molecular complexity index is 1630. The first-order chi connectivity index (χ1) is 20.4. The quantitative estimate of drug-likeness (QED) is 0.337. The number of halogens is 2. The second-order valence-electron chi connectivity index (χ2n) is 10.8. The molecule has 0 bridgehead atoms. The number of carbonyl (C=O) groups is 2. The van der Waals surface area contributed by atoms with Crippen LogP contribution in [0.1, 0.15) is 28.8 Å². The summed E-state index contributed by atoms with van der Waals surface area (Å²) in [5, 5.41) is 6.60. The molecule has 0 radical (unpaired) electrons. The lowest BCUT2D eigenvalue weighted by molar-refractivity contribution is -0.137. The number of piperazine rings is 1. The Morgan fingerprint density at radius 3 is 2.49 bits per heavy atom. The fourth-order valence-electron chi connectivity index (χ4n) is 5.81. The van der Waals surface area contributed by atoms with Gasteiger partial charge in [-0.15, -0.1) is 12.4 Å². The zero-order valence-electron chi connectivity index (χ0n) is 24.2. The summed E-state index contributed by atoms with van der Waals surface area (Å²) in [4.78, 5) is 39.1. The number of imidazole rings is 1. The molecule has 2 aromatic heterocycles. The number of carbonyl (C=O) groups excluding carboxylic acids is 2. The minimum atomic E-state index is -0.449. The van der Waals surface area contributed by atoms with E-state index in [-0.39, 0.29) is 35.9 Å². The summed E-state index contributed by atoms with van der Waals surface area (Å²) in [6.07, 6.45) is 6.49. The lowest BCUT2D eigenvalue weighted by atomic mass is 9.94. The van der Waals surface area contributed by atoms with Gasteiger partial charge < -0.3 is 25.2 Å². The lowest BCUT2D eigenvalue weighted by Crippen LogP contribution is -2.50. The van der Waals surface area contributed by atoms with E-state index in [9.17, 15) is 14.0 Å². The molecule has 2 fully saturated rings. The average molecular weight is 608 g/mol. The van der Waals surface area contributed by atoms with Crippen LogP contribution in [0.25, 0.3) is 16.9 Å². The number of hydrogen-bond acceptors (Lipinski definition) is 7. The predicted octanol–water partition coefficient (Wildman–Crippen LogP) is 4.30. The van der Waals surface area contributed by atoms with E-state index in [0.29, 0.717) is 54.2 Å². The van der Waals surface area contributed by atoms with Gasteiger partial charge in [0.05, 0.1) is 19.0 Å². The van der Waals surface area contributed by atoms with E-state index < -0.39 is 5.82 Å². The molecular weight excluding hydrogens is 573 g/mol. The van der Waals surface area contributed by atoms with Gasteiger partial charge in [-0.2, -0.15) is 0 Å². The number of amides is 2. The summed E-state index contributed by atoms with van der Waals surface area (Å²) in [5.74, 6) is 0.459. The van der Waals surface area contributed by atoms with Crippen molar-refractivity contribution in [3.8, 4) is 17.0 Å². The highest BCUT2D eigenvalue weighted by Gasteiger charge is 2.31. The fraction of sp³-hybridized carbons (Fsp3) is 0.355. The first kappa shape index (κ1) is 30.2. The Morgan fingerprint density at radius 2 is 1.79 bits per heavy atom. The molecule has 2 N–H and O–H groups in total. The van der Waals surface area contributed by atoms with Crippen LogP contribution in [0, 0.1) is 18.7 Å². The molecule has 4 heterocycles. The Morgan fingerprint density at radius 1 is 1.02 bits per heavy atom. The van der Waals surface area contributed by atoms with Gasteiger partial charge in [0, 0.05) is 74.4 Å². The number of anilines is 2. The van der Waals surface area contributed by atoms with Crippen molar-refractivity contribution < 1.29 is 18.7 Å². The molecule has 0 unspecified atom stereocenters. The van der Waals surface area contributed by atoms with Crippen molar-refractivity contribution in [2.75, 3.05) is 51.7 Å². The Labute approximate surface area is 255 Å². The molecule has 0 aliphatic carbocycles. The predicted molar refractivity (Wildman–Crippen MR) is 165 cm³/mol. The van der Waals surface area contributed by atoms with Crippen molar-refractivity contribution in [1.29, 1.82) is 0 Å². The molecule has 2 amide bonds. The molecule has 2 saturated heterocycles. The first-order valence-corrected chi connectivity index (χ1v) is 14.3. The second-order valence-corrected chi connectivity index (χ2v) is 10.8. The molecule has 12 heteroatoms. The normalized spacial score (nSPS) is 15.7. The van der Waals surface area contributed by atoms with Crippen LogP contribution in [0.3, 0.4) is 0 Å². The molecule has 4 aromatic rings. The minimum absolute atomic E-state index is 0. The monoisotopic (exact) mass is 607 g/mol. The Hall–Kier alpha value is -4.22. The summed E-state index contributed by atoms with van der Waals surface area (Å²) in [7, 11) is 1.43. The van der Waals surface area contributed by atoms with Gasteiger partial charge in [0.1, 0.15) is 0 Å². The molecule has 2 aliphatic heterocycles. The SMILES string of the molecule is COc1ccc(-c2cnc3c(Nc4ccc(C(=O)N5CCC(C(=O)N6CCNCC6)CC5)c(C)c4)nccn23)cc1F.Cl. The van der Waals surface area contributed by atoms with Crippen molar-refractivity contribution in [2.45, 2.75) is 19.8 Å². The van der Waals surface area contributed by atoms with Crippen LogP contribution in [0.5, 0.6) is 5.75 Å². The lowest BCUT2D eigenvalue weighted by Gasteiger charge is -2.36. The van der Waals surface area contributed by atoms with E-state index >= 15 is 0 Å². The average Bonchev–Trinajstić information content (AvgIpc) is 3.46. The highest BCUT2D eigenvalue weighted by molar-refractivity contribution is 5.96. The van der Waals surface area contributed by atoms with Gasteiger partial charge >= 0.3 is 0 Å². The molecule has 43 heavy (non-hydrogen) atoms. The van der Waals surface area contributed by atoms with Gasteiger partial charge in [-0.25, -0.2) is 14.4 Å². The summed E-state index contributed by atoms with van der Waals surface area (Å²) in [6, 6.07) is 10.4. The number of fused-ring (bicyclic) bond motifs is 1. The van der Waals surface area contributed by atoms with E-state index in [1.165, 1.54) is 13.2 Å². The number of nitrogens with one attached hydrogen (secondary N) is 2. The summed E-state index contributed by atoms with van der Waals surface area (Å²) in [6.45, 7) is 6.26. The van der Waals surface area contributed by atoms with Crippen LogP contribution in [0.2, 0.25) is 0 Å². The Balaban J connectivity index is 0.00000368. The van der Waals surface area contributed by atoms with Gasteiger partial charge in [-0.3, -0.25) is 14.0 Å². The zero-order chi connectivity index (χ0) is 29.2. The number of likely N-dealkylation sites (tertiary alicyclic amines) is 1. The molecule has 0 saturated carbocycles. The van der Waals surface area contributed by atoms with Crippen molar-refractivity contribution >= 4 is 41.4 Å². The van der Waals surface area contributed by atoms with Crippen molar-refractivity contribution in [1.82, 2.24) is 29.5 Å².